The van der Waals surface area contributed by atoms with Crippen molar-refractivity contribution in [3.63, 3.8) is 0 Å². The van der Waals surface area contributed by atoms with Crippen molar-refractivity contribution in [2.24, 2.45) is 5.92 Å². The Balaban J connectivity index is 1.56. The SMILES string of the molecule is CC(=O)Nc1ccc(N2CCC(CCN3CCCCC3)CC2)c(C(=O)O)c1. The van der Waals surface area contributed by atoms with Gasteiger partial charge in [0.15, 0.2) is 0 Å². The molecule has 0 radical (unpaired) electrons. The number of hydrogen-bond donors (Lipinski definition) is 2. The number of carbonyl (C=O) groups excluding carboxylic acids is 1. The van der Waals surface area contributed by atoms with Crippen LogP contribution in [0.3, 0.4) is 0 Å². The number of likely N-dealkylation sites (tertiary alicyclic amines) is 1. The van der Waals surface area contributed by atoms with Crippen LogP contribution < -0.4 is 10.2 Å². The number of carboxylic acids is 1. The summed E-state index contributed by atoms with van der Waals surface area (Å²) < 4.78 is 0. The molecular formula is C21H31N3O3. The molecule has 2 heterocycles. The topological polar surface area (TPSA) is 72.9 Å². The molecule has 1 aromatic carbocycles. The van der Waals surface area contributed by atoms with Crippen LogP contribution in [-0.4, -0.2) is 54.6 Å². The molecule has 2 N–H and O–H groups in total. The Kier molecular flexibility index (Phi) is 6.72. The van der Waals surface area contributed by atoms with Crippen molar-refractivity contribution in [2.45, 2.75) is 45.4 Å². The molecule has 1 aromatic rings. The molecule has 0 aromatic heterocycles. The van der Waals surface area contributed by atoms with Crippen molar-refractivity contribution in [2.75, 3.05) is 42.9 Å². The van der Waals surface area contributed by atoms with Crippen LogP contribution in [0.4, 0.5) is 11.4 Å². The summed E-state index contributed by atoms with van der Waals surface area (Å²) in [5.74, 6) is -0.423. The zero-order chi connectivity index (χ0) is 19.2. The van der Waals surface area contributed by atoms with Gasteiger partial charge in [0.05, 0.1) is 11.3 Å². The average molecular weight is 373 g/mol. The zero-order valence-electron chi connectivity index (χ0n) is 16.2. The summed E-state index contributed by atoms with van der Waals surface area (Å²) >= 11 is 0. The van der Waals surface area contributed by atoms with Gasteiger partial charge < -0.3 is 20.2 Å². The molecule has 0 bridgehead atoms. The van der Waals surface area contributed by atoms with Crippen LogP contribution in [0, 0.1) is 5.92 Å². The molecule has 1 amide bonds. The number of amides is 1. The highest BCUT2D eigenvalue weighted by atomic mass is 16.4. The van der Waals surface area contributed by atoms with E-state index in [1.54, 1.807) is 12.1 Å². The summed E-state index contributed by atoms with van der Waals surface area (Å²) in [6.45, 7) is 6.91. The van der Waals surface area contributed by atoms with Crippen LogP contribution in [0.2, 0.25) is 0 Å². The Bertz CT molecular complexity index is 663. The van der Waals surface area contributed by atoms with E-state index in [0.29, 0.717) is 5.69 Å². The molecule has 27 heavy (non-hydrogen) atoms. The van der Waals surface area contributed by atoms with Gasteiger partial charge >= 0.3 is 5.97 Å². The minimum absolute atomic E-state index is 0.200. The van der Waals surface area contributed by atoms with Gasteiger partial charge in [-0.1, -0.05) is 6.42 Å². The Morgan fingerprint density at radius 3 is 2.44 bits per heavy atom. The Hall–Kier alpha value is -2.08. The van der Waals surface area contributed by atoms with Gasteiger partial charge in [0, 0.05) is 25.7 Å². The van der Waals surface area contributed by atoms with Gasteiger partial charge in [-0.3, -0.25) is 4.79 Å². The van der Waals surface area contributed by atoms with Crippen LogP contribution in [-0.2, 0) is 4.79 Å². The van der Waals surface area contributed by atoms with E-state index >= 15 is 0 Å². The van der Waals surface area contributed by atoms with E-state index in [9.17, 15) is 14.7 Å². The first-order valence-electron chi connectivity index (χ1n) is 10.1. The largest absolute Gasteiger partial charge is 0.478 e. The van der Waals surface area contributed by atoms with E-state index < -0.39 is 5.97 Å². The number of benzene rings is 1. The van der Waals surface area contributed by atoms with E-state index in [0.717, 1.165) is 37.5 Å². The number of nitrogens with one attached hydrogen (secondary N) is 1. The van der Waals surface area contributed by atoms with Crippen molar-refractivity contribution in [1.82, 2.24) is 4.90 Å². The Morgan fingerprint density at radius 1 is 1.11 bits per heavy atom. The van der Waals surface area contributed by atoms with Gasteiger partial charge in [-0.15, -0.1) is 0 Å². The molecule has 3 rings (SSSR count). The van der Waals surface area contributed by atoms with Crippen molar-refractivity contribution < 1.29 is 14.7 Å². The highest BCUT2D eigenvalue weighted by Crippen LogP contribution is 2.30. The predicted molar refractivity (Wildman–Crippen MR) is 108 cm³/mol. The highest BCUT2D eigenvalue weighted by Gasteiger charge is 2.24. The number of carbonyl (C=O) groups is 2. The van der Waals surface area contributed by atoms with Crippen LogP contribution in [0.15, 0.2) is 18.2 Å². The predicted octanol–water partition coefficient (Wildman–Crippen LogP) is 3.44. The van der Waals surface area contributed by atoms with E-state index in [2.05, 4.69) is 15.1 Å². The lowest BCUT2D eigenvalue weighted by Gasteiger charge is -2.35. The summed E-state index contributed by atoms with van der Waals surface area (Å²) in [6, 6.07) is 5.16. The smallest absolute Gasteiger partial charge is 0.337 e. The standard InChI is InChI=1S/C21H31N3O3/c1-16(25)22-18-5-6-20(19(15-18)21(26)27)24-13-8-17(9-14-24)7-12-23-10-3-2-4-11-23/h5-6,15,17H,2-4,7-14H2,1H3,(H,22,25)(H,26,27). The third kappa shape index (κ3) is 5.45. The molecule has 2 aliphatic heterocycles. The Labute approximate surface area is 161 Å². The minimum Gasteiger partial charge on any atom is -0.478 e. The quantitative estimate of drug-likeness (QED) is 0.799. The first-order valence-corrected chi connectivity index (χ1v) is 10.1. The zero-order valence-corrected chi connectivity index (χ0v) is 16.2. The molecule has 0 spiro atoms. The molecule has 2 aliphatic rings. The van der Waals surface area contributed by atoms with E-state index in [1.165, 1.54) is 52.2 Å². The molecule has 6 heteroatoms. The van der Waals surface area contributed by atoms with Crippen LogP contribution in [0.5, 0.6) is 0 Å². The maximum atomic E-state index is 11.7. The van der Waals surface area contributed by atoms with Gasteiger partial charge in [-0.2, -0.15) is 0 Å². The fraction of sp³-hybridized carbons (Fsp3) is 0.619. The lowest BCUT2D eigenvalue weighted by atomic mass is 9.92. The maximum Gasteiger partial charge on any atom is 0.337 e. The van der Waals surface area contributed by atoms with Gasteiger partial charge in [0.1, 0.15) is 0 Å². The van der Waals surface area contributed by atoms with Crippen LogP contribution >= 0.6 is 0 Å². The van der Waals surface area contributed by atoms with Crippen molar-refractivity contribution >= 4 is 23.3 Å². The lowest BCUT2D eigenvalue weighted by Crippen LogP contribution is -2.37. The molecule has 148 valence electrons. The molecule has 2 fully saturated rings. The Morgan fingerprint density at radius 2 is 1.81 bits per heavy atom. The number of hydrogen-bond acceptors (Lipinski definition) is 4. The number of carboxylic acid groups (broad SMARTS) is 1. The van der Waals surface area contributed by atoms with Crippen molar-refractivity contribution in [3.8, 4) is 0 Å². The third-order valence-electron chi connectivity index (χ3n) is 5.80. The molecule has 2 saturated heterocycles. The van der Waals surface area contributed by atoms with E-state index in [4.69, 9.17) is 0 Å². The number of rotatable bonds is 6. The lowest BCUT2D eigenvalue weighted by molar-refractivity contribution is -0.114. The molecular weight excluding hydrogens is 342 g/mol. The molecule has 0 atom stereocenters. The van der Waals surface area contributed by atoms with Crippen LogP contribution in [0.1, 0.15) is 55.8 Å². The number of nitrogens with zero attached hydrogens (tertiary/aromatic N) is 2. The summed E-state index contributed by atoms with van der Waals surface area (Å²) in [4.78, 5) is 27.7. The van der Waals surface area contributed by atoms with E-state index in [-0.39, 0.29) is 11.5 Å². The first kappa shape index (κ1) is 19.7. The summed E-state index contributed by atoms with van der Waals surface area (Å²) in [7, 11) is 0. The fourth-order valence-corrected chi connectivity index (χ4v) is 4.27. The molecule has 0 aliphatic carbocycles. The van der Waals surface area contributed by atoms with Gasteiger partial charge in [0.25, 0.3) is 0 Å². The van der Waals surface area contributed by atoms with Crippen molar-refractivity contribution in [1.29, 1.82) is 0 Å². The van der Waals surface area contributed by atoms with E-state index in [1.807, 2.05) is 6.07 Å². The van der Waals surface area contributed by atoms with Gasteiger partial charge in [0.2, 0.25) is 5.91 Å². The van der Waals surface area contributed by atoms with Crippen LogP contribution in [0.25, 0.3) is 0 Å². The number of anilines is 2. The minimum atomic E-state index is -0.954. The fourth-order valence-electron chi connectivity index (χ4n) is 4.27. The second-order valence-electron chi connectivity index (χ2n) is 7.84. The summed E-state index contributed by atoms with van der Waals surface area (Å²) in [5, 5.41) is 12.3. The molecule has 0 unspecified atom stereocenters. The number of aromatic carboxylic acids is 1. The monoisotopic (exact) mass is 373 g/mol. The molecule has 0 saturated carbocycles. The first-order chi connectivity index (χ1) is 13.0. The second kappa shape index (κ2) is 9.22. The second-order valence-corrected chi connectivity index (χ2v) is 7.84. The third-order valence-corrected chi connectivity index (χ3v) is 5.80. The summed E-state index contributed by atoms with van der Waals surface area (Å²) in [5.41, 5.74) is 1.54. The maximum absolute atomic E-state index is 11.7. The normalized spacial score (nSPS) is 19.1. The van der Waals surface area contributed by atoms with Gasteiger partial charge in [-0.25, -0.2) is 4.79 Å². The van der Waals surface area contributed by atoms with Crippen molar-refractivity contribution in [3.05, 3.63) is 23.8 Å². The number of piperidine rings is 2. The average Bonchev–Trinajstić information content (AvgIpc) is 2.67. The highest BCUT2D eigenvalue weighted by molar-refractivity contribution is 5.97. The summed E-state index contributed by atoms with van der Waals surface area (Å²) in [6.07, 6.45) is 7.53. The molecule has 6 nitrogen and oxygen atoms in total. The van der Waals surface area contributed by atoms with Gasteiger partial charge in [-0.05, 0) is 75.9 Å².